The summed E-state index contributed by atoms with van der Waals surface area (Å²) in [5, 5.41) is 42.5. The zero-order valence-corrected chi connectivity index (χ0v) is 36.4. The molecule has 4 amide bonds. The summed E-state index contributed by atoms with van der Waals surface area (Å²) in [6.45, 7) is 6.63. The highest BCUT2D eigenvalue weighted by Gasteiger charge is 2.18. The number of aryl methyl sites for hydroxylation is 2. The normalized spacial score (nSPS) is 11.1. The van der Waals surface area contributed by atoms with Crippen molar-refractivity contribution in [3.8, 4) is 11.5 Å². The molecule has 17 heteroatoms. The molecule has 2 aromatic rings. The van der Waals surface area contributed by atoms with E-state index in [1.54, 1.807) is 21.9 Å². The molecule has 0 aliphatic heterocycles. The molecule has 0 unspecified atom stereocenters. The van der Waals surface area contributed by atoms with E-state index in [4.69, 9.17) is 0 Å². The van der Waals surface area contributed by atoms with Crippen LogP contribution < -0.4 is 21.3 Å². The highest BCUT2D eigenvalue weighted by Crippen LogP contribution is 2.20. The maximum absolute atomic E-state index is 12.5. The first-order valence-corrected chi connectivity index (χ1v) is 22.0. The molecule has 0 saturated carbocycles. The summed E-state index contributed by atoms with van der Waals surface area (Å²) in [6, 6.07) is 6.22. The summed E-state index contributed by atoms with van der Waals surface area (Å²) >= 11 is 0. The Morgan fingerprint density at radius 2 is 0.984 bits per heavy atom. The molecular formula is C44H70N8O9. The molecule has 340 valence electrons. The number of aromatic hydroxyl groups is 2. The van der Waals surface area contributed by atoms with Gasteiger partial charge in [0.2, 0.25) is 23.6 Å². The number of hydrogen-bond acceptors (Lipinski definition) is 12. The van der Waals surface area contributed by atoms with Crippen molar-refractivity contribution in [1.82, 2.24) is 41.0 Å². The van der Waals surface area contributed by atoms with E-state index in [9.17, 15) is 44.1 Å². The predicted molar refractivity (Wildman–Crippen MR) is 231 cm³/mol. The summed E-state index contributed by atoms with van der Waals surface area (Å²) in [6.07, 6.45) is 11.4. The maximum Gasteiger partial charge on any atom is 0.317 e. The van der Waals surface area contributed by atoms with E-state index < -0.39 is 5.97 Å². The Labute approximate surface area is 360 Å². The van der Waals surface area contributed by atoms with Gasteiger partial charge in [-0.1, -0.05) is 39.5 Å². The lowest BCUT2D eigenvalue weighted by atomic mass is 10.1. The van der Waals surface area contributed by atoms with Gasteiger partial charge in [-0.25, -0.2) is 0 Å². The molecular weight excluding hydrogens is 785 g/mol. The molecule has 61 heavy (non-hydrogen) atoms. The van der Waals surface area contributed by atoms with Gasteiger partial charge in [0.25, 0.3) is 0 Å². The molecule has 7 N–H and O–H groups in total. The van der Waals surface area contributed by atoms with Gasteiger partial charge in [-0.2, -0.15) is 0 Å². The van der Waals surface area contributed by atoms with Crippen molar-refractivity contribution < 1.29 is 44.1 Å². The SMILES string of the molecule is CCCCNC(=O)CCCCCNC(=O)CCc1ccc(O)c(CN(CC=O)CCN(CC(=O)O)Cc2nc(CCC(=O)NCCCCCC(=O)NCCCC)ccc2O)n1. The summed E-state index contributed by atoms with van der Waals surface area (Å²) in [5.41, 5.74) is 1.70. The summed E-state index contributed by atoms with van der Waals surface area (Å²) in [7, 11) is 0. The lowest BCUT2D eigenvalue weighted by Crippen LogP contribution is -2.38. The minimum atomic E-state index is -1.09. The molecule has 0 fully saturated rings. The average Bonchev–Trinajstić information content (AvgIpc) is 3.22. The fourth-order valence-corrected chi connectivity index (χ4v) is 6.32. The van der Waals surface area contributed by atoms with Gasteiger partial charge in [0.1, 0.15) is 17.8 Å². The number of aromatic nitrogens is 2. The molecule has 0 radical (unpaired) electrons. The van der Waals surface area contributed by atoms with E-state index >= 15 is 0 Å². The number of carbonyl (C=O) groups excluding carboxylic acids is 5. The molecule has 0 atom stereocenters. The number of aliphatic carboxylic acids is 1. The van der Waals surface area contributed by atoms with Gasteiger partial charge in [0, 0.05) is 89.4 Å². The van der Waals surface area contributed by atoms with Crippen LogP contribution in [0.4, 0.5) is 0 Å². The Balaban J connectivity index is 1.85. The number of unbranched alkanes of at least 4 members (excludes halogenated alkanes) is 6. The summed E-state index contributed by atoms with van der Waals surface area (Å²) in [4.78, 5) is 84.4. The number of amides is 4. The molecule has 2 aromatic heterocycles. The van der Waals surface area contributed by atoms with Crippen LogP contribution >= 0.6 is 0 Å². The highest BCUT2D eigenvalue weighted by molar-refractivity contribution is 5.77. The van der Waals surface area contributed by atoms with Gasteiger partial charge in [0.15, 0.2) is 0 Å². The second-order valence-electron chi connectivity index (χ2n) is 15.3. The van der Waals surface area contributed by atoms with Crippen LogP contribution in [0.25, 0.3) is 0 Å². The molecule has 2 heterocycles. The second kappa shape index (κ2) is 31.7. The Hall–Kier alpha value is -5.16. The van der Waals surface area contributed by atoms with Crippen LogP contribution in [-0.4, -0.2) is 123 Å². The quantitative estimate of drug-likeness (QED) is 0.0388. The van der Waals surface area contributed by atoms with Crippen molar-refractivity contribution in [3.05, 3.63) is 47.0 Å². The molecule has 2 rings (SSSR count). The Morgan fingerprint density at radius 3 is 1.41 bits per heavy atom. The highest BCUT2D eigenvalue weighted by atomic mass is 16.4. The minimum Gasteiger partial charge on any atom is -0.506 e. The van der Waals surface area contributed by atoms with Gasteiger partial charge in [0.05, 0.1) is 24.5 Å². The standard InChI is InChI=1S/C44H70N8O9/c1-3-5-23-45-40(56)13-9-7-11-25-47-42(58)21-17-34-15-19-38(54)36(49-34)31-51(29-30-53)27-28-52(33-44(60)61)32-37-39(55)20-16-35(50-37)18-22-43(59)48-26-12-8-10-14-41(57)46-24-6-4-2/h15-16,19-20,30,54-55H,3-14,17-18,21-29,31-33H2,1-2H3,(H,45,56)(H,46,57)(H,47,58)(H,48,59)(H,60,61). The van der Waals surface area contributed by atoms with Gasteiger partial charge >= 0.3 is 5.97 Å². The smallest absolute Gasteiger partial charge is 0.317 e. The van der Waals surface area contributed by atoms with Crippen LogP contribution in [0, 0.1) is 0 Å². The van der Waals surface area contributed by atoms with Crippen LogP contribution in [0.5, 0.6) is 11.5 Å². The monoisotopic (exact) mass is 855 g/mol. The van der Waals surface area contributed by atoms with E-state index in [0.717, 1.165) is 64.2 Å². The van der Waals surface area contributed by atoms with Crippen molar-refractivity contribution in [3.63, 3.8) is 0 Å². The van der Waals surface area contributed by atoms with Crippen LogP contribution in [0.15, 0.2) is 24.3 Å². The van der Waals surface area contributed by atoms with Crippen LogP contribution in [0.3, 0.4) is 0 Å². The number of nitrogens with zero attached hydrogens (tertiary/aromatic N) is 4. The van der Waals surface area contributed by atoms with E-state index in [2.05, 4.69) is 45.1 Å². The van der Waals surface area contributed by atoms with Gasteiger partial charge in [-0.3, -0.25) is 43.7 Å². The van der Waals surface area contributed by atoms with E-state index in [1.165, 1.54) is 12.1 Å². The Morgan fingerprint density at radius 1 is 0.574 bits per heavy atom. The fourth-order valence-electron chi connectivity index (χ4n) is 6.32. The fraction of sp³-hybridized carbons (Fsp3) is 0.636. The molecule has 0 bridgehead atoms. The van der Waals surface area contributed by atoms with Crippen molar-refractivity contribution in [2.45, 2.75) is 130 Å². The number of rotatable bonds is 35. The number of aldehydes is 1. The van der Waals surface area contributed by atoms with Crippen LogP contribution in [0.1, 0.15) is 127 Å². The van der Waals surface area contributed by atoms with E-state index in [-0.39, 0.29) is 92.9 Å². The third kappa shape index (κ3) is 24.6. The number of carbonyl (C=O) groups is 6. The number of hydrogen-bond donors (Lipinski definition) is 7. The van der Waals surface area contributed by atoms with Crippen molar-refractivity contribution in [1.29, 1.82) is 0 Å². The zero-order chi connectivity index (χ0) is 44.7. The molecule has 0 spiro atoms. The Bertz CT molecular complexity index is 1640. The number of pyridine rings is 2. The molecule has 0 saturated heterocycles. The number of nitrogens with one attached hydrogen (secondary N) is 4. The second-order valence-corrected chi connectivity index (χ2v) is 15.3. The molecule has 0 aromatic carbocycles. The zero-order valence-electron chi connectivity index (χ0n) is 36.4. The third-order valence-corrected chi connectivity index (χ3v) is 9.91. The topological polar surface area (TPSA) is 243 Å². The minimum absolute atomic E-state index is 0.0128. The first kappa shape index (κ1) is 52.0. The van der Waals surface area contributed by atoms with Gasteiger partial charge < -0.3 is 41.4 Å². The summed E-state index contributed by atoms with van der Waals surface area (Å²) in [5.74, 6) is -1.46. The number of carboxylic acid groups (broad SMARTS) is 1. The predicted octanol–water partition coefficient (Wildman–Crippen LogP) is 3.53. The van der Waals surface area contributed by atoms with E-state index in [1.807, 2.05) is 0 Å². The Kier molecular flexibility index (Phi) is 27.0. The lowest BCUT2D eigenvalue weighted by Gasteiger charge is -2.26. The van der Waals surface area contributed by atoms with Crippen molar-refractivity contribution in [2.24, 2.45) is 0 Å². The van der Waals surface area contributed by atoms with Crippen LogP contribution in [-0.2, 0) is 54.7 Å². The van der Waals surface area contributed by atoms with Crippen molar-refractivity contribution >= 4 is 35.9 Å². The van der Waals surface area contributed by atoms with E-state index in [0.29, 0.717) is 75.2 Å². The average molecular weight is 855 g/mol. The lowest BCUT2D eigenvalue weighted by molar-refractivity contribution is -0.138. The van der Waals surface area contributed by atoms with Crippen LogP contribution in [0.2, 0.25) is 0 Å². The van der Waals surface area contributed by atoms with Crippen molar-refractivity contribution in [2.75, 3.05) is 52.4 Å². The third-order valence-electron chi connectivity index (χ3n) is 9.91. The van der Waals surface area contributed by atoms with Gasteiger partial charge in [-0.05, 0) is 75.6 Å². The first-order chi connectivity index (χ1) is 29.4. The molecule has 0 aliphatic rings. The summed E-state index contributed by atoms with van der Waals surface area (Å²) < 4.78 is 0. The maximum atomic E-state index is 12.5. The molecule has 17 nitrogen and oxygen atoms in total. The molecule has 0 aliphatic carbocycles. The van der Waals surface area contributed by atoms with Gasteiger partial charge in [-0.15, -0.1) is 0 Å². The largest absolute Gasteiger partial charge is 0.506 e. The first-order valence-electron chi connectivity index (χ1n) is 22.0. The number of carboxylic acids is 1.